The van der Waals surface area contributed by atoms with Crippen molar-refractivity contribution in [3.05, 3.63) is 35.5 Å². The third kappa shape index (κ3) is 2.87. The van der Waals surface area contributed by atoms with E-state index < -0.39 is 0 Å². The van der Waals surface area contributed by atoms with Crippen molar-refractivity contribution in [3.8, 4) is 0 Å². The third-order valence-electron chi connectivity index (χ3n) is 2.26. The second-order valence-corrected chi connectivity index (χ2v) is 3.76. The monoisotopic (exact) mass is 230 g/mol. The van der Waals surface area contributed by atoms with Gasteiger partial charge < -0.3 is 11.1 Å². The smallest absolute Gasteiger partial charge is 0.221 e. The van der Waals surface area contributed by atoms with Gasteiger partial charge in [-0.1, -0.05) is 0 Å². The molecule has 0 saturated heterocycles. The van der Waals surface area contributed by atoms with Gasteiger partial charge in [0.2, 0.25) is 5.95 Å². The molecule has 0 radical (unpaired) electrons. The molecule has 2 heterocycles. The quantitative estimate of drug-likeness (QED) is 0.820. The zero-order chi connectivity index (χ0) is 12.3. The maximum absolute atomic E-state index is 5.53. The SMILES string of the molecule is Cc1cnc(CNc2nc(N)ncc2C)cn1. The fourth-order valence-corrected chi connectivity index (χ4v) is 1.32. The summed E-state index contributed by atoms with van der Waals surface area (Å²) in [5.74, 6) is 0.980. The number of hydrogen-bond donors (Lipinski definition) is 2. The van der Waals surface area contributed by atoms with E-state index in [-0.39, 0.29) is 5.95 Å². The van der Waals surface area contributed by atoms with Crippen LogP contribution in [0.1, 0.15) is 17.0 Å². The molecule has 0 fully saturated rings. The Morgan fingerprint density at radius 3 is 2.65 bits per heavy atom. The molecule has 0 aromatic carbocycles. The zero-order valence-corrected chi connectivity index (χ0v) is 9.81. The fraction of sp³-hybridized carbons (Fsp3) is 0.273. The molecule has 0 unspecified atom stereocenters. The van der Waals surface area contributed by atoms with Gasteiger partial charge in [-0.25, -0.2) is 4.98 Å². The summed E-state index contributed by atoms with van der Waals surface area (Å²) in [6.07, 6.45) is 5.16. The normalized spacial score (nSPS) is 10.2. The highest BCUT2D eigenvalue weighted by Gasteiger charge is 2.02. The average Bonchev–Trinajstić information content (AvgIpc) is 2.32. The van der Waals surface area contributed by atoms with Gasteiger partial charge in [0.25, 0.3) is 0 Å². The van der Waals surface area contributed by atoms with Gasteiger partial charge in [0, 0.05) is 18.0 Å². The first-order valence-electron chi connectivity index (χ1n) is 5.25. The highest BCUT2D eigenvalue weighted by atomic mass is 15.1. The summed E-state index contributed by atoms with van der Waals surface area (Å²) in [6, 6.07) is 0. The van der Waals surface area contributed by atoms with Crippen molar-refractivity contribution in [1.29, 1.82) is 0 Å². The van der Waals surface area contributed by atoms with Gasteiger partial charge in [-0.2, -0.15) is 4.98 Å². The second-order valence-electron chi connectivity index (χ2n) is 3.76. The number of nitrogens with one attached hydrogen (secondary N) is 1. The number of nitrogen functional groups attached to an aromatic ring is 1. The lowest BCUT2D eigenvalue weighted by Crippen LogP contribution is -2.07. The zero-order valence-electron chi connectivity index (χ0n) is 9.81. The Bertz CT molecular complexity index is 508. The van der Waals surface area contributed by atoms with E-state index in [1.54, 1.807) is 18.6 Å². The summed E-state index contributed by atoms with van der Waals surface area (Å²) >= 11 is 0. The first-order valence-corrected chi connectivity index (χ1v) is 5.25. The molecule has 0 aliphatic rings. The molecule has 2 aromatic rings. The van der Waals surface area contributed by atoms with Crippen molar-refractivity contribution in [3.63, 3.8) is 0 Å². The van der Waals surface area contributed by atoms with Crippen LogP contribution in [0.4, 0.5) is 11.8 Å². The van der Waals surface area contributed by atoms with E-state index in [1.807, 2.05) is 13.8 Å². The molecule has 0 atom stereocenters. The molecule has 2 aromatic heterocycles. The molecule has 0 amide bonds. The Kier molecular flexibility index (Phi) is 3.13. The standard InChI is InChI=1S/C11H14N6/c1-7-3-16-11(12)17-10(7)15-6-9-5-13-8(2)4-14-9/h3-5H,6H2,1-2H3,(H3,12,15,16,17). The fourth-order valence-electron chi connectivity index (χ4n) is 1.32. The third-order valence-corrected chi connectivity index (χ3v) is 2.26. The number of aromatic nitrogens is 4. The molecule has 0 aliphatic heterocycles. The van der Waals surface area contributed by atoms with Crippen LogP contribution in [0.25, 0.3) is 0 Å². The van der Waals surface area contributed by atoms with Gasteiger partial charge in [0.1, 0.15) is 5.82 Å². The number of rotatable bonds is 3. The van der Waals surface area contributed by atoms with Crippen molar-refractivity contribution >= 4 is 11.8 Å². The van der Waals surface area contributed by atoms with Crippen molar-refractivity contribution in [2.75, 3.05) is 11.1 Å². The molecule has 6 heteroatoms. The Morgan fingerprint density at radius 2 is 1.94 bits per heavy atom. The predicted octanol–water partition coefficient (Wildman–Crippen LogP) is 1.08. The van der Waals surface area contributed by atoms with Gasteiger partial charge in [0.15, 0.2) is 0 Å². The first kappa shape index (κ1) is 11.3. The topological polar surface area (TPSA) is 89.6 Å². The van der Waals surface area contributed by atoms with Crippen molar-refractivity contribution in [2.24, 2.45) is 0 Å². The molecule has 0 spiro atoms. The highest BCUT2D eigenvalue weighted by Crippen LogP contribution is 2.11. The van der Waals surface area contributed by atoms with Crippen molar-refractivity contribution in [1.82, 2.24) is 19.9 Å². The van der Waals surface area contributed by atoms with E-state index in [9.17, 15) is 0 Å². The largest absolute Gasteiger partial charge is 0.368 e. The number of nitrogens with zero attached hydrogens (tertiary/aromatic N) is 4. The molecule has 0 bridgehead atoms. The number of anilines is 2. The van der Waals surface area contributed by atoms with E-state index in [0.29, 0.717) is 6.54 Å². The number of aryl methyl sites for hydroxylation is 2. The lowest BCUT2D eigenvalue weighted by molar-refractivity contribution is 0.970. The van der Waals surface area contributed by atoms with Crippen molar-refractivity contribution in [2.45, 2.75) is 20.4 Å². The molecule has 0 saturated carbocycles. The predicted molar refractivity (Wildman–Crippen MR) is 65.3 cm³/mol. The molecule has 0 aliphatic carbocycles. The minimum atomic E-state index is 0.257. The maximum Gasteiger partial charge on any atom is 0.221 e. The van der Waals surface area contributed by atoms with E-state index in [4.69, 9.17) is 5.73 Å². The summed E-state index contributed by atoms with van der Waals surface area (Å²) in [5.41, 5.74) is 8.22. The molecule has 88 valence electrons. The van der Waals surface area contributed by atoms with Crippen molar-refractivity contribution < 1.29 is 0 Å². The van der Waals surface area contributed by atoms with Gasteiger partial charge in [-0.3, -0.25) is 9.97 Å². The van der Waals surface area contributed by atoms with Crippen LogP contribution in [0.15, 0.2) is 18.6 Å². The average molecular weight is 230 g/mol. The maximum atomic E-state index is 5.53. The highest BCUT2D eigenvalue weighted by molar-refractivity contribution is 5.45. The minimum Gasteiger partial charge on any atom is -0.368 e. The van der Waals surface area contributed by atoms with Gasteiger partial charge in [0.05, 0.1) is 24.1 Å². The molecular formula is C11H14N6. The summed E-state index contributed by atoms with van der Waals surface area (Å²) in [7, 11) is 0. The summed E-state index contributed by atoms with van der Waals surface area (Å²) in [6.45, 7) is 4.38. The van der Waals surface area contributed by atoms with Crippen LogP contribution in [0.3, 0.4) is 0 Å². The number of nitrogens with two attached hydrogens (primary N) is 1. The summed E-state index contributed by atoms with van der Waals surface area (Å²) in [5, 5.41) is 3.16. The van der Waals surface area contributed by atoms with Crippen LogP contribution in [0.5, 0.6) is 0 Å². The van der Waals surface area contributed by atoms with Crippen LogP contribution in [0.2, 0.25) is 0 Å². The summed E-state index contributed by atoms with van der Waals surface area (Å²) < 4.78 is 0. The minimum absolute atomic E-state index is 0.257. The van der Waals surface area contributed by atoms with Crippen LogP contribution in [0, 0.1) is 13.8 Å². The van der Waals surface area contributed by atoms with E-state index in [1.165, 1.54) is 0 Å². The van der Waals surface area contributed by atoms with Gasteiger partial charge in [-0.05, 0) is 13.8 Å². The van der Waals surface area contributed by atoms with Gasteiger partial charge in [-0.15, -0.1) is 0 Å². The van der Waals surface area contributed by atoms with Crippen LogP contribution >= 0.6 is 0 Å². The molecular weight excluding hydrogens is 216 g/mol. The molecule has 6 nitrogen and oxygen atoms in total. The molecule has 3 N–H and O–H groups in total. The molecule has 17 heavy (non-hydrogen) atoms. The van der Waals surface area contributed by atoms with E-state index >= 15 is 0 Å². The van der Waals surface area contributed by atoms with E-state index in [2.05, 4.69) is 25.3 Å². The van der Waals surface area contributed by atoms with E-state index in [0.717, 1.165) is 22.8 Å². The lowest BCUT2D eigenvalue weighted by Gasteiger charge is -2.07. The Balaban J connectivity index is 2.07. The lowest BCUT2D eigenvalue weighted by atomic mass is 10.3. The first-order chi connectivity index (χ1) is 8.15. The van der Waals surface area contributed by atoms with Crippen LogP contribution in [-0.4, -0.2) is 19.9 Å². The Morgan fingerprint density at radius 1 is 1.12 bits per heavy atom. The Hall–Kier alpha value is -2.24. The second kappa shape index (κ2) is 4.73. The molecule has 2 rings (SSSR count). The summed E-state index contributed by atoms with van der Waals surface area (Å²) in [4.78, 5) is 16.4. The Labute approximate surface area is 99.4 Å². The number of hydrogen-bond acceptors (Lipinski definition) is 6. The van der Waals surface area contributed by atoms with Crippen LogP contribution in [-0.2, 0) is 6.54 Å². The van der Waals surface area contributed by atoms with Crippen LogP contribution < -0.4 is 11.1 Å². The van der Waals surface area contributed by atoms with Gasteiger partial charge >= 0.3 is 0 Å².